The Kier molecular flexibility index (Phi) is 3.52. The van der Waals surface area contributed by atoms with Gasteiger partial charge in [-0.05, 0) is 35.9 Å². The summed E-state index contributed by atoms with van der Waals surface area (Å²) in [5, 5.41) is 2.98. The predicted octanol–water partition coefficient (Wildman–Crippen LogP) is 2.81. The second kappa shape index (κ2) is 5.47. The van der Waals surface area contributed by atoms with Crippen molar-refractivity contribution < 1.29 is 4.79 Å². The molecule has 1 aliphatic rings. The molecule has 1 amide bonds. The highest BCUT2D eigenvalue weighted by Gasteiger charge is 2.15. The normalized spacial score (nSPS) is 14.1. The van der Waals surface area contributed by atoms with E-state index < -0.39 is 0 Å². The standard InChI is InChI=1S/C17H18N2O/c1-19-11-14-7-8-16(10-15(14)12-19)18-17(20)9-13-5-3-2-4-6-13/h2-8,10H,9,11-12H2,1H3,(H,18,20). The van der Waals surface area contributed by atoms with Gasteiger partial charge in [0.2, 0.25) is 5.91 Å². The molecule has 1 heterocycles. The number of fused-ring (bicyclic) bond motifs is 1. The van der Waals surface area contributed by atoms with Gasteiger partial charge >= 0.3 is 0 Å². The van der Waals surface area contributed by atoms with E-state index in [2.05, 4.69) is 29.4 Å². The van der Waals surface area contributed by atoms with Crippen molar-refractivity contribution in [2.75, 3.05) is 12.4 Å². The first-order valence-corrected chi connectivity index (χ1v) is 6.85. The van der Waals surface area contributed by atoms with Crippen LogP contribution in [-0.2, 0) is 24.3 Å². The third-order valence-corrected chi connectivity index (χ3v) is 3.58. The largest absolute Gasteiger partial charge is 0.326 e. The van der Waals surface area contributed by atoms with Gasteiger partial charge < -0.3 is 5.32 Å². The lowest BCUT2D eigenvalue weighted by molar-refractivity contribution is -0.115. The smallest absolute Gasteiger partial charge is 0.228 e. The summed E-state index contributed by atoms with van der Waals surface area (Å²) in [4.78, 5) is 14.3. The fraction of sp³-hybridized carbons (Fsp3) is 0.235. The molecule has 0 spiro atoms. The zero-order valence-corrected chi connectivity index (χ0v) is 11.6. The van der Waals surface area contributed by atoms with Crippen LogP contribution in [-0.4, -0.2) is 17.9 Å². The van der Waals surface area contributed by atoms with Gasteiger partial charge in [-0.1, -0.05) is 36.4 Å². The van der Waals surface area contributed by atoms with E-state index >= 15 is 0 Å². The molecule has 0 bridgehead atoms. The van der Waals surface area contributed by atoms with E-state index in [-0.39, 0.29) is 5.91 Å². The van der Waals surface area contributed by atoms with Crippen molar-refractivity contribution >= 4 is 11.6 Å². The van der Waals surface area contributed by atoms with Gasteiger partial charge in [-0.25, -0.2) is 0 Å². The highest BCUT2D eigenvalue weighted by molar-refractivity contribution is 5.92. The highest BCUT2D eigenvalue weighted by atomic mass is 16.1. The van der Waals surface area contributed by atoms with E-state index in [1.165, 1.54) is 11.1 Å². The number of nitrogens with zero attached hydrogens (tertiary/aromatic N) is 1. The first-order chi connectivity index (χ1) is 9.70. The van der Waals surface area contributed by atoms with Gasteiger partial charge in [0.15, 0.2) is 0 Å². The van der Waals surface area contributed by atoms with Crippen LogP contribution in [0.25, 0.3) is 0 Å². The van der Waals surface area contributed by atoms with E-state index in [9.17, 15) is 4.79 Å². The van der Waals surface area contributed by atoms with Gasteiger partial charge in [0.1, 0.15) is 0 Å². The zero-order valence-electron chi connectivity index (χ0n) is 11.6. The van der Waals surface area contributed by atoms with Crippen molar-refractivity contribution in [1.29, 1.82) is 0 Å². The van der Waals surface area contributed by atoms with Gasteiger partial charge in [0.05, 0.1) is 6.42 Å². The number of carbonyl (C=O) groups excluding carboxylic acids is 1. The molecule has 3 rings (SSSR count). The molecule has 20 heavy (non-hydrogen) atoms. The van der Waals surface area contributed by atoms with E-state index in [1.807, 2.05) is 36.4 Å². The van der Waals surface area contributed by atoms with Crippen molar-refractivity contribution in [1.82, 2.24) is 4.90 Å². The first-order valence-electron chi connectivity index (χ1n) is 6.85. The lowest BCUT2D eigenvalue weighted by Crippen LogP contribution is -2.14. The van der Waals surface area contributed by atoms with Crippen LogP contribution in [0, 0.1) is 0 Å². The maximum atomic E-state index is 12.0. The molecule has 102 valence electrons. The molecule has 0 saturated carbocycles. The van der Waals surface area contributed by atoms with Crippen LogP contribution < -0.4 is 5.32 Å². The molecular formula is C17H18N2O. The van der Waals surface area contributed by atoms with Crippen LogP contribution in [0.3, 0.4) is 0 Å². The van der Waals surface area contributed by atoms with Crippen LogP contribution in [0.5, 0.6) is 0 Å². The summed E-state index contributed by atoms with van der Waals surface area (Å²) in [6.45, 7) is 1.95. The van der Waals surface area contributed by atoms with Crippen molar-refractivity contribution in [2.45, 2.75) is 19.5 Å². The van der Waals surface area contributed by atoms with Crippen LogP contribution >= 0.6 is 0 Å². The molecule has 2 aromatic carbocycles. The Morgan fingerprint density at radius 2 is 1.85 bits per heavy atom. The Bertz CT molecular complexity index is 622. The molecule has 2 aromatic rings. The van der Waals surface area contributed by atoms with E-state index in [4.69, 9.17) is 0 Å². The molecule has 1 N–H and O–H groups in total. The van der Waals surface area contributed by atoms with E-state index in [0.29, 0.717) is 6.42 Å². The fourth-order valence-electron chi connectivity index (χ4n) is 2.63. The van der Waals surface area contributed by atoms with Gasteiger partial charge in [0, 0.05) is 18.8 Å². The van der Waals surface area contributed by atoms with Gasteiger partial charge in [-0.2, -0.15) is 0 Å². The second-order valence-corrected chi connectivity index (χ2v) is 5.37. The van der Waals surface area contributed by atoms with Crippen LogP contribution in [0.4, 0.5) is 5.69 Å². The minimum absolute atomic E-state index is 0.0301. The molecule has 0 atom stereocenters. The quantitative estimate of drug-likeness (QED) is 0.926. The summed E-state index contributed by atoms with van der Waals surface area (Å²) in [6, 6.07) is 16.0. The maximum Gasteiger partial charge on any atom is 0.228 e. The molecule has 0 fully saturated rings. The monoisotopic (exact) mass is 266 g/mol. The number of hydrogen-bond acceptors (Lipinski definition) is 2. The first kappa shape index (κ1) is 12.9. The molecule has 0 radical (unpaired) electrons. The maximum absolute atomic E-state index is 12.0. The number of carbonyl (C=O) groups is 1. The molecule has 0 aliphatic carbocycles. The van der Waals surface area contributed by atoms with Crippen molar-refractivity contribution in [3.8, 4) is 0 Å². The Morgan fingerprint density at radius 1 is 1.10 bits per heavy atom. The number of amides is 1. The number of nitrogens with one attached hydrogen (secondary N) is 1. The lowest BCUT2D eigenvalue weighted by Gasteiger charge is -2.07. The molecule has 0 saturated heterocycles. The summed E-state index contributed by atoms with van der Waals surface area (Å²) in [5.74, 6) is 0.0301. The Balaban J connectivity index is 1.66. The fourth-order valence-corrected chi connectivity index (χ4v) is 2.63. The Morgan fingerprint density at radius 3 is 2.65 bits per heavy atom. The van der Waals surface area contributed by atoms with Gasteiger partial charge in [0.25, 0.3) is 0 Å². The lowest BCUT2D eigenvalue weighted by atomic mass is 10.1. The molecule has 0 unspecified atom stereocenters. The average Bonchev–Trinajstić information content (AvgIpc) is 2.79. The second-order valence-electron chi connectivity index (χ2n) is 5.37. The van der Waals surface area contributed by atoms with Crippen LogP contribution in [0.15, 0.2) is 48.5 Å². The number of benzene rings is 2. The van der Waals surface area contributed by atoms with Crippen molar-refractivity contribution in [3.05, 3.63) is 65.2 Å². The molecule has 3 heteroatoms. The van der Waals surface area contributed by atoms with Crippen molar-refractivity contribution in [3.63, 3.8) is 0 Å². The molecule has 3 nitrogen and oxygen atoms in total. The van der Waals surface area contributed by atoms with E-state index in [1.54, 1.807) is 0 Å². The number of rotatable bonds is 3. The van der Waals surface area contributed by atoms with Crippen molar-refractivity contribution in [2.24, 2.45) is 0 Å². The Hall–Kier alpha value is -2.13. The Labute approximate surface area is 119 Å². The van der Waals surface area contributed by atoms with Crippen LogP contribution in [0.1, 0.15) is 16.7 Å². The third-order valence-electron chi connectivity index (χ3n) is 3.58. The summed E-state index contributed by atoms with van der Waals surface area (Å²) < 4.78 is 0. The summed E-state index contributed by atoms with van der Waals surface area (Å²) in [7, 11) is 2.10. The number of hydrogen-bond donors (Lipinski definition) is 1. The predicted molar refractivity (Wildman–Crippen MR) is 80.4 cm³/mol. The molecular weight excluding hydrogens is 248 g/mol. The summed E-state index contributed by atoms with van der Waals surface area (Å²) in [5.41, 5.74) is 4.59. The molecule has 0 aromatic heterocycles. The number of anilines is 1. The van der Waals surface area contributed by atoms with Crippen LogP contribution in [0.2, 0.25) is 0 Å². The summed E-state index contributed by atoms with van der Waals surface area (Å²) >= 11 is 0. The highest BCUT2D eigenvalue weighted by Crippen LogP contribution is 2.24. The third kappa shape index (κ3) is 2.89. The topological polar surface area (TPSA) is 32.3 Å². The van der Waals surface area contributed by atoms with Gasteiger partial charge in [-0.3, -0.25) is 9.69 Å². The minimum atomic E-state index is 0.0301. The molecule has 1 aliphatic heterocycles. The van der Waals surface area contributed by atoms with Gasteiger partial charge in [-0.15, -0.1) is 0 Å². The summed E-state index contributed by atoms with van der Waals surface area (Å²) in [6.07, 6.45) is 0.415. The van der Waals surface area contributed by atoms with E-state index in [0.717, 1.165) is 24.3 Å². The zero-order chi connectivity index (χ0) is 13.9. The minimum Gasteiger partial charge on any atom is -0.326 e. The SMILES string of the molecule is CN1Cc2ccc(NC(=O)Cc3ccccc3)cc2C1. The average molecular weight is 266 g/mol.